The number of carbonyl (C=O) groups excluding carboxylic acids is 1. The minimum absolute atomic E-state index is 0.102. The standard InChI is InChI=1S/C30H29N5O5S/c36-30(20-4-5-22-18-39-12-13-41(37,38)27(22)14-20)32-17-23-15-25-21(16-31-23)6-9-28(33-25)35-10-11-40-26-8-7-24(34-29(26)35)19-2-1-3-19/h4-9,14-16,19H,1-3,10-13,17-18H2,(H,32,36). The maximum Gasteiger partial charge on any atom is 0.251 e. The minimum atomic E-state index is -3.51. The average molecular weight is 572 g/mol. The van der Waals surface area contributed by atoms with E-state index in [-0.39, 0.29) is 41.9 Å². The van der Waals surface area contributed by atoms with Crippen LogP contribution in [0.1, 0.15) is 52.5 Å². The number of nitrogens with zero attached hydrogens (tertiary/aromatic N) is 4. The van der Waals surface area contributed by atoms with Crippen molar-refractivity contribution in [2.45, 2.75) is 43.2 Å². The number of benzene rings is 1. The second-order valence-electron chi connectivity index (χ2n) is 10.6. The van der Waals surface area contributed by atoms with Crippen LogP contribution in [0.15, 0.2) is 59.6 Å². The van der Waals surface area contributed by atoms with Gasteiger partial charge in [0.25, 0.3) is 5.91 Å². The molecule has 2 aliphatic heterocycles. The molecule has 3 aromatic heterocycles. The normalized spacial score (nSPS) is 18.0. The molecule has 1 aromatic carbocycles. The van der Waals surface area contributed by atoms with Gasteiger partial charge in [-0.15, -0.1) is 0 Å². The summed E-state index contributed by atoms with van der Waals surface area (Å²) < 4.78 is 36.5. The van der Waals surface area contributed by atoms with Gasteiger partial charge in [-0.2, -0.15) is 0 Å². The Balaban J connectivity index is 1.11. The van der Waals surface area contributed by atoms with Gasteiger partial charge in [0.05, 0.1) is 48.2 Å². The SMILES string of the molecule is O=C(NCc1cc2nc(N3CCOc4ccc(C5CCC5)nc43)ccc2cn1)c1ccc2c(c1)S(=O)(=O)CCOC2. The van der Waals surface area contributed by atoms with E-state index < -0.39 is 9.84 Å². The number of hydrogen-bond donors (Lipinski definition) is 1. The van der Waals surface area contributed by atoms with Gasteiger partial charge in [0.2, 0.25) is 0 Å². The van der Waals surface area contributed by atoms with Crippen LogP contribution in [0.4, 0.5) is 11.6 Å². The van der Waals surface area contributed by atoms with E-state index in [1.807, 2.05) is 24.3 Å². The molecule has 1 N–H and O–H groups in total. The van der Waals surface area contributed by atoms with Gasteiger partial charge < -0.3 is 19.7 Å². The van der Waals surface area contributed by atoms with Gasteiger partial charge in [0.15, 0.2) is 21.4 Å². The first-order valence-corrected chi connectivity index (χ1v) is 15.5. The zero-order chi connectivity index (χ0) is 28.0. The first-order chi connectivity index (χ1) is 19.9. The lowest BCUT2D eigenvalue weighted by molar-refractivity contribution is 0.0950. The van der Waals surface area contributed by atoms with Gasteiger partial charge in [-0.1, -0.05) is 12.5 Å². The fourth-order valence-electron chi connectivity index (χ4n) is 5.40. The van der Waals surface area contributed by atoms with E-state index in [1.165, 1.54) is 25.3 Å². The lowest BCUT2D eigenvalue weighted by atomic mass is 9.82. The number of nitrogens with one attached hydrogen (secondary N) is 1. The summed E-state index contributed by atoms with van der Waals surface area (Å²) in [6, 6.07) is 14.6. The Labute approximate surface area is 237 Å². The van der Waals surface area contributed by atoms with Crippen LogP contribution in [0, 0.1) is 0 Å². The largest absolute Gasteiger partial charge is 0.488 e. The highest BCUT2D eigenvalue weighted by Gasteiger charge is 2.27. The molecule has 3 aliphatic rings. The third-order valence-electron chi connectivity index (χ3n) is 7.95. The maximum atomic E-state index is 12.9. The molecule has 4 aromatic rings. The Morgan fingerprint density at radius 2 is 1.95 bits per heavy atom. The number of hydrogen-bond acceptors (Lipinski definition) is 9. The Morgan fingerprint density at radius 3 is 2.80 bits per heavy atom. The number of ether oxygens (including phenoxy) is 2. The molecule has 11 heteroatoms. The number of amides is 1. The minimum Gasteiger partial charge on any atom is -0.488 e. The molecule has 210 valence electrons. The first-order valence-electron chi connectivity index (χ1n) is 13.8. The van der Waals surface area contributed by atoms with E-state index in [0.717, 1.165) is 34.0 Å². The van der Waals surface area contributed by atoms with E-state index in [0.29, 0.717) is 30.3 Å². The number of sulfone groups is 1. The Bertz CT molecular complexity index is 1770. The number of anilines is 2. The van der Waals surface area contributed by atoms with Crippen LogP contribution < -0.4 is 15.0 Å². The molecule has 1 saturated carbocycles. The Kier molecular flexibility index (Phi) is 6.55. The van der Waals surface area contributed by atoms with Crippen LogP contribution in [0.3, 0.4) is 0 Å². The number of rotatable bonds is 5. The lowest BCUT2D eigenvalue weighted by Gasteiger charge is -2.31. The summed E-state index contributed by atoms with van der Waals surface area (Å²) in [6.07, 6.45) is 5.33. The highest BCUT2D eigenvalue weighted by Crippen LogP contribution is 2.40. The number of carbonyl (C=O) groups is 1. The summed E-state index contributed by atoms with van der Waals surface area (Å²) in [5.41, 5.74) is 3.33. The Morgan fingerprint density at radius 1 is 1.05 bits per heavy atom. The molecule has 0 bridgehead atoms. The van der Waals surface area contributed by atoms with Gasteiger partial charge in [-0.05, 0) is 60.9 Å². The van der Waals surface area contributed by atoms with Crippen molar-refractivity contribution in [3.05, 3.63) is 77.2 Å². The van der Waals surface area contributed by atoms with Crippen LogP contribution in [0.5, 0.6) is 5.75 Å². The van der Waals surface area contributed by atoms with Gasteiger partial charge in [0, 0.05) is 28.8 Å². The van der Waals surface area contributed by atoms with E-state index in [9.17, 15) is 13.2 Å². The van der Waals surface area contributed by atoms with Crippen LogP contribution in [0.25, 0.3) is 10.9 Å². The second kappa shape index (κ2) is 10.4. The van der Waals surface area contributed by atoms with E-state index in [4.69, 9.17) is 19.4 Å². The molecule has 10 nitrogen and oxygen atoms in total. The summed E-state index contributed by atoms with van der Waals surface area (Å²) in [4.78, 5) is 29.6. The molecule has 0 radical (unpaired) electrons. The highest BCUT2D eigenvalue weighted by atomic mass is 32.2. The summed E-state index contributed by atoms with van der Waals surface area (Å²) >= 11 is 0. The topological polar surface area (TPSA) is 124 Å². The summed E-state index contributed by atoms with van der Waals surface area (Å²) in [6.45, 7) is 1.70. The van der Waals surface area contributed by atoms with Crippen LogP contribution in [-0.2, 0) is 27.7 Å². The van der Waals surface area contributed by atoms with Gasteiger partial charge in [-0.3, -0.25) is 9.78 Å². The molecule has 41 heavy (non-hydrogen) atoms. The molecule has 0 unspecified atom stereocenters. The number of pyridine rings is 3. The molecular formula is C30H29N5O5S. The van der Waals surface area contributed by atoms with Crippen molar-refractivity contribution in [3.8, 4) is 5.75 Å². The predicted octanol–water partition coefficient (Wildman–Crippen LogP) is 4.06. The van der Waals surface area contributed by atoms with E-state index in [2.05, 4.69) is 21.3 Å². The van der Waals surface area contributed by atoms with Gasteiger partial charge in [0.1, 0.15) is 12.4 Å². The van der Waals surface area contributed by atoms with Crippen molar-refractivity contribution >= 4 is 38.3 Å². The van der Waals surface area contributed by atoms with Crippen molar-refractivity contribution in [1.82, 2.24) is 20.3 Å². The lowest BCUT2D eigenvalue weighted by Crippen LogP contribution is -2.30. The molecule has 0 saturated heterocycles. The Hall–Kier alpha value is -4.09. The van der Waals surface area contributed by atoms with Crippen molar-refractivity contribution in [3.63, 3.8) is 0 Å². The maximum absolute atomic E-state index is 12.9. The van der Waals surface area contributed by atoms with Crippen LogP contribution in [0.2, 0.25) is 0 Å². The summed E-state index contributed by atoms with van der Waals surface area (Å²) in [7, 11) is -3.51. The monoisotopic (exact) mass is 571 g/mol. The van der Waals surface area contributed by atoms with Crippen molar-refractivity contribution in [1.29, 1.82) is 0 Å². The summed E-state index contributed by atoms with van der Waals surface area (Å²) in [5, 5.41) is 3.74. The fraction of sp³-hybridized carbons (Fsp3) is 0.333. The highest BCUT2D eigenvalue weighted by molar-refractivity contribution is 7.91. The molecule has 0 atom stereocenters. The molecular weight excluding hydrogens is 542 g/mol. The van der Waals surface area contributed by atoms with Crippen LogP contribution in [-0.4, -0.2) is 54.8 Å². The first kappa shape index (κ1) is 25.8. The average Bonchev–Trinajstić information content (AvgIpc) is 3.11. The molecule has 5 heterocycles. The van der Waals surface area contributed by atoms with Crippen molar-refractivity contribution < 1.29 is 22.7 Å². The van der Waals surface area contributed by atoms with E-state index in [1.54, 1.807) is 18.3 Å². The molecule has 0 spiro atoms. The van der Waals surface area contributed by atoms with Crippen LogP contribution >= 0.6 is 0 Å². The zero-order valence-electron chi connectivity index (χ0n) is 22.4. The van der Waals surface area contributed by atoms with Gasteiger partial charge in [-0.25, -0.2) is 18.4 Å². The quantitative estimate of drug-likeness (QED) is 0.378. The number of aromatic nitrogens is 3. The smallest absolute Gasteiger partial charge is 0.251 e. The predicted molar refractivity (Wildman–Crippen MR) is 152 cm³/mol. The van der Waals surface area contributed by atoms with Gasteiger partial charge >= 0.3 is 0 Å². The third-order valence-corrected chi connectivity index (χ3v) is 9.71. The molecule has 1 aliphatic carbocycles. The van der Waals surface area contributed by atoms with Crippen molar-refractivity contribution in [2.24, 2.45) is 0 Å². The zero-order valence-corrected chi connectivity index (χ0v) is 23.2. The van der Waals surface area contributed by atoms with Crippen molar-refractivity contribution in [2.75, 3.05) is 30.4 Å². The fourth-order valence-corrected chi connectivity index (χ4v) is 6.79. The third kappa shape index (κ3) is 5.00. The molecule has 1 fully saturated rings. The summed E-state index contributed by atoms with van der Waals surface area (Å²) in [5.74, 6) is 2.36. The number of fused-ring (bicyclic) bond motifs is 3. The molecule has 1 amide bonds. The van der Waals surface area contributed by atoms with E-state index >= 15 is 0 Å². The second-order valence-corrected chi connectivity index (χ2v) is 12.7. The molecule has 7 rings (SSSR count).